The van der Waals surface area contributed by atoms with E-state index in [0.29, 0.717) is 6.42 Å². The van der Waals surface area contributed by atoms with Gasteiger partial charge in [-0.3, -0.25) is 5.10 Å². The summed E-state index contributed by atoms with van der Waals surface area (Å²) in [5.41, 5.74) is 1.59. The maximum absolute atomic E-state index is 13.0. The molecule has 138 valence electrons. The van der Waals surface area contributed by atoms with Crippen LogP contribution in [0.4, 0.5) is 0 Å². The van der Waals surface area contributed by atoms with Crippen LogP contribution in [-0.2, 0) is 32.5 Å². The van der Waals surface area contributed by atoms with Gasteiger partial charge in [-0.25, -0.2) is 18.0 Å². The van der Waals surface area contributed by atoms with E-state index >= 15 is 0 Å². The molecule has 0 unspecified atom stereocenters. The van der Waals surface area contributed by atoms with Crippen molar-refractivity contribution in [1.29, 1.82) is 0 Å². The minimum atomic E-state index is -3.94. The lowest BCUT2D eigenvalue weighted by molar-refractivity contribution is 0.0598. The Balaban J connectivity index is 2.04. The van der Waals surface area contributed by atoms with E-state index < -0.39 is 22.0 Å². The first-order chi connectivity index (χ1) is 12.4. The molecule has 0 bridgehead atoms. The van der Waals surface area contributed by atoms with Gasteiger partial charge in [-0.15, -0.1) is 0 Å². The normalized spacial score (nSPS) is 14.5. The molecule has 1 aliphatic heterocycles. The first-order valence-corrected chi connectivity index (χ1v) is 9.14. The van der Waals surface area contributed by atoms with Crippen LogP contribution in [0, 0.1) is 0 Å². The second-order valence-electron chi connectivity index (χ2n) is 5.69. The van der Waals surface area contributed by atoms with Gasteiger partial charge in [0.15, 0.2) is 0 Å². The Labute approximate surface area is 150 Å². The molecule has 2 aromatic rings. The van der Waals surface area contributed by atoms with E-state index in [1.54, 1.807) is 6.20 Å². The topological polar surface area (TPSA) is 119 Å². The first-order valence-electron chi connectivity index (χ1n) is 7.70. The molecule has 1 aliphatic rings. The van der Waals surface area contributed by atoms with Crippen LogP contribution in [0.5, 0.6) is 0 Å². The molecule has 0 saturated carbocycles. The number of carbonyl (C=O) groups excluding carboxylic acids is 2. The molecular formula is C16H17N3O6S. The van der Waals surface area contributed by atoms with Gasteiger partial charge in [0.25, 0.3) is 0 Å². The van der Waals surface area contributed by atoms with Crippen molar-refractivity contribution in [2.45, 2.75) is 17.9 Å². The van der Waals surface area contributed by atoms with Crippen LogP contribution < -0.4 is 0 Å². The summed E-state index contributed by atoms with van der Waals surface area (Å²) >= 11 is 0. The molecular weight excluding hydrogens is 362 g/mol. The van der Waals surface area contributed by atoms with Gasteiger partial charge in [0.2, 0.25) is 10.0 Å². The molecule has 0 amide bonds. The van der Waals surface area contributed by atoms with Gasteiger partial charge in [-0.1, -0.05) is 0 Å². The Hall–Kier alpha value is -2.72. The molecule has 1 aromatic heterocycles. The van der Waals surface area contributed by atoms with E-state index in [-0.39, 0.29) is 29.1 Å². The van der Waals surface area contributed by atoms with Gasteiger partial charge in [0.05, 0.1) is 48.7 Å². The number of aromatic amines is 1. The zero-order valence-electron chi connectivity index (χ0n) is 14.2. The first kappa shape index (κ1) is 18.1. The Morgan fingerprint density at radius 3 is 2.31 bits per heavy atom. The summed E-state index contributed by atoms with van der Waals surface area (Å²) in [7, 11) is -1.60. The fourth-order valence-electron chi connectivity index (χ4n) is 2.76. The predicted molar refractivity (Wildman–Crippen MR) is 89.0 cm³/mol. The maximum Gasteiger partial charge on any atom is 0.337 e. The maximum atomic E-state index is 13.0. The summed E-state index contributed by atoms with van der Waals surface area (Å²) in [6, 6.07) is 3.62. The molecule has 0 spiro atoms. The van der Waals surface area contributed by atoms with Gasteiger partial charge >= 0.3 is 11.9 Å². The summed E-state index contributed by atoms with van der Waals surface area (Å²) in [5, 5.41) is 6.71. The van der Waals surface area contributed by atoms with E-state index in [2.05, 4.69) is 19.7 Å². The number of hydrogen-bond donors (Lipinski definition) is 1. The zero-order chi connectivity index (χ0) is 18.9. The van der Waals surface area contributed by atoms with Crippen molar-refractivity contribution in [1.82, 2.24) is 14.5 Å². The molecule has 0 fully saturated rings. The van der Waals surface area contributed by atoms with Gasteiger partial charge in [-0.2, -0.15) is 9.40 Å². The van der Waals surface area contributed by atoms with Crippen LogP contribution in [0.2, 0.25) is 0 Å². The van der Waals surface area contributed by atoms with Crippen molar-refractivity contribution >= 4 is 22.0 Å². The largest absolute Gasteiger partial charge is 0.465 e. The summed E-state index contributed by atoms with van der Waals surface area (Å²) in [5.74, 6) is -1.50. The molecule has 2 heterocycles. The van der Waals surface area contributed by atoms with E-state index in [1.165, 1.54) is 36.7 Å². The molecule has 0 atom stereocenters. The fourth-order valence-corrected chi connectivity index (χ4v) is 4.24. The van der Waals surface area contributed by atoms with Gasteiger partial charge < -0.3 is 9.47 Å². The van der Waals surface area contributed by atoms with E-state index in [9.17, 15) is 18.0 Å². The van der Waals surface area contributed by atoms with Gasteiger partial charge in [-0.05, 0) is 30.2 Å². The summed E-state index contributed by atoms with van der Waals surface area (Å²) in [4.78, 5) is 23.6. The molecule has 9 nitrogen and oxygen atoms in total. The third-order valence-electron chi connectivity index (χ3n) is 4.16. The standard InChI is InChI=1S/C16H17N3O6S/c1-24-15(20)11-5-12(16(21)25-2)7-13(6-11)26(22,23)19-4-3-10-8-17-18-14(10)9-19/h5-8H,3-4,9H2,1-2H3,(H,17,18). The van der Waals surface area contributed by atoms with E-state index in [1.807, 2.05) is 0 Å². The number of H-pyrrole nitrogens is 1. The second-order valence-corrected chi connectivity index (χ2v) is 7.63. The van der Waals surface area contributed by atoms with Gasteiger partial charge in [0, 0.05) is 6.54 Å². The number of nitrogens with zero attached hydrogens (tertiary/aromatic N) is 2. The lowest BCUT2D eigenvalue weighted by Gasteiger charge is -2.26. The van der Waals surface area contributed by atoms with Crippen LogP contribution in [0.25, 0.3) is 0 Å². The van der Waals surface area contributed by atoms with E-state index in [0.717, 1.165) is 11.3 Å². The average molecular weight is 379 g/mol. The number of nitrogens with one attached hydrogen (secondary N) is 1. The number of benzene rings is 1. The second kappa shape index (κ2) is 6.89. The van der Waals surface area contributed by atoms with Crippen LogP contribution in [0.15, 0.2) is 29.3 Å². The number of sulfonamides is 1. The number of ether oxygens (including phenoxy) is 2. The quantitative estimate of drug-likeness (QED) is 0.778. The number of rotatable bonds is 4. The number of esters is 2. The monoisotopic (exact) mass is 379 g/mol. The molecule has 0 saturated heterocycles. The summed E-state index contributed by atoms with van der Waals surface area (Å²) in [6.07, 6.45) is 2.19. The third-order valence-corrected chi connectivity index (χ3v) is 5.98. The molecule has 26 heavy (non-hydrogen) atoms. The molecule has 0 radical (unpaired) electrons. The molecule has 3 rings (SSSR count). The number of aromatic nitrogens is 2. The summed E-state index contributed by atoms with van der Waals surface area (Å²) < 4.78 is 36.6. The number of methoxy groups -OCH3 is 2. The predicted octanol–water partition coefficient (Wildman–Crippen LogP) is 0.730. The van der Waals surface area contributed by atoms with Crippen LogP contribution in [-0.4, -0.2) is 55.6 Å². The van der Waals surface area contributed by atoms with E-state index in [4.69, 9.17) is 0 Å². The Morgan fingerprint density at radius 2 is 1.73 bits per heavy atom. The van der Waals surface area contributed by atoms with Crippen molar-refractivity contribution < 1.29 is 27.5 Å². The number of fused-ring (bicyclic) bond motifs is 1. The molecule has 0 aliphatic carbocycles. The van der Waals surface area contributed by atoms with Crippen molar-refractivity contribution in [2.75, 3.05) is 20.8 Å². The minimum absolute atomic E-state index is 0.0480. The lowest BCUT2D eigenvalue weighted by Crippen LogP contribution is -2.36. The Bertz CT molecular complexity index is 932. The highest BCUT2D eigenvalue weighted by molar-refractivity contribution is 7.89. The van der Waals surface area contributed by atoms with Crippen molar-refractivity contribution in [2.24, 2.45) is 0 Å². The van der Waals surface area contributed by atoms with Crippen molar-refractivity contribution in [3.63, 3.8) is 0 Å². The third kappa shape index (κ3) is 3.20. The molecule has 1 aromatic carbocycles. The fraction of sp³-hybridized carbons (Fsp3) is 0.312. The smallest absolute Gasteiger partial charge is 0.337 e. The van der Waals surface area contributed by atoms with Crippen molar-refractivity contribution in [3.8, 4) is 0 Å². The number of carbonyl (C=O) groups is 2. The zero-order valence-corrected chi connectivity index (χ0v) is 15.0. The average Bonchev–Trinajstić information content (AvgIpc) is 3.14. The summed E-state index contributed by atoms with van der Waals surface area (Å²) in [6.45, 7) is 0.401. The molecule has 10 heteroatoms. The minimum Gasteiger partial charge on any atom is -0.465 e. The Morgan fingerprint density at radius 1 is 1.12 bits per heavy atom. The highest BCUT2D eigenvalue weighted by Gasteiger charge is 2.31. The lowest BCUT2D eigenvalue weighted by atomic mass is 10.1. The van der Waals surface area contributed by atoms with Crippen LogP contribution in [0.3, 0.4) is 0 Å². The van der Waals surface area contributed by atoms with Gasteiger partial charge in [0.1, 0.15) is 0 Å². The van der Waals surface area contributed by atoms with Crippen LogP contribution >= 0.6 is 0 Å². The SMILES string of the molecule is COC(=O)c1cc(C(=O)OC)cc(S(=O)(=O)N2CCc3cn[nH]c3C2)c1. The highest BCUT2D eigenvalue weighted by atomic mass is 32.2. The number of hydrogen-bond acceptors (Lipinski definition) is 7. The highest BCUT2D eigenvalue weighted by Crippen LogP contribution is 2.25. The molecule has 1 N–H and O–H groups in total. The van der Waals surface area contributed by atoms with Crippen molar-refractivity contribution in [3.05, 3.63) is 46.8 Å². The Kier molecular flexibility index (Phi) is 4.79. The van der Waals surface area contributed by atoms with Crippen LogP contribution in [0.1, 0.15) is 32.0 Å².